The van der Waals surface area contributed by atoms with Crippen molar-refractivity contribution in [3.05, 3.63) is 35.9 Å². The van der Waals surface area contributed by atoms with E-state index in [9.17, 15) is 4.79 Å². The van der Waals surface area contributed by atoms with E-state index in [2.05, 4.69) is 17.0 Å². The lowest BCUT2D eigenvalue weighted by Gasteiger charge is -2.32. The van der Waals surface area contributed by atoms with Crippen molar-refractivity contribution in [1.82, 2.24) is 4.90 Å². The van der Waals surface area contributed by atoms with Crippen LogP contribution in [0.4, 0.5) is 0 Å². The zero-order valence-corrected chi connectivity index (χ0v) is 15.8. The first-order valence-electron chi connectivity index (χ1n) is 8.93. The van der Waals surface area contributed by atoms with Gasteiger partial charge in [-0.05, 0) is 33.3 Å². The normalized spacial score (nSPS) is 28.3. The minimum Gasteiger partial charge on any atom is -0.469 e. The lowest BCUT2D eigenvalue weighted by Crippen LogP contribution is -2.41. The van der Waals surface area contributed by atoms with Gasteiger partial charge in [0, 0.05) is 25.5 Å². The molecule has 0 aromatic heterocycles. The third kappa shape index (κ3) is 3.61. The fourth-order valence-electron chi connectivity index (χ4n) is 3.62. The van der Waals surface area contributed by atoms with Crippen molar-refractivity contribution in [2.75, 3.05) is 20.2 Å². The highest BCUT2D eigenvalue weighted by molar-refractivity contribution is 6.48. The number of hydrogen-bond donors (Lipinski definition) is 0. The van der Waals surface area contributed by atoms with Crippen molar-refractivity contribution in [2.24, 2.45) is 5.92 Å². The van der Waals surface area contributed by atoms with E-state index in [0.717, 1.165) is 13.1 Å². The van der Waals surface area contributed by atoms with Gasteiger partial charge in [0.1, 0.15) is 0 Å². The Labute approximate surface area is 150 Å². The lowest BCUT2D eigenvalue weighted by atomic mass is 9.66. The van der Waals surface area contributed by atoms with Crippen LogP contribution in [0.5, 0.6) is 0 Å². The fourth-order valence-corrected chi connectivity index (χ4v) is 3.62. The smallest absolute Gasteiger partial charge is 0.463 e. The van der Waals surface area contributed by atoms with Gasteiger partial charge in [0.05, 0.1) is 24.2 Å². The van der Waals surface area contributed by atoms with E-state index in [-0.39, 0.29) is 17.7 Å². The van der Waals surface area contributed by atoms with Gasteiger partial charge >= 0.3 is 13.1 Å². The summed E-state index contributed by atoms with van der Waals surface area (Å²) in [7, 11) is 1.05. The Morgan fingerprint density at radius 2 is 1.76 bits per heavy atom. The molecule has 136 valence electrons. The molecule has 0 N–H and O–H groups in total. The summed E-state index contributed by atoms with van der Waals surface area (Å²) in [6.45, 7) is 10.4. The zero-order valence-electron chi connectivity index (χ0n) is 15.8. The predicted molar refractivity (Wildman–Crippen MR) is 97.1 cm³/mol. The molecular weight excluding hydrogens is 317 g/mol. The number of likely N-dealkylation sites (tertiary alicyclic amines) is 1. The van der Waals surface area contributed by atoms with Crippen LogP contribution >= 0.6 is 0 Å². The van der Waals surface area contributed by atoms with Gasteiger partial charge in [-0.1, -0.05) is 30.3 Å². The van der Waals surface area contributed by atoms with Crippen LogP contribution in [0, 0.1) is 5.92 Å². The van der Waals surface area contributed by atoms with Gasteiger partial charge in [0.2, 0.25) is 0 Å². The van der Waals surface area contributed by atoms with E-state index in [1.807, 2.05) is 45.9 Å². The molecule has 25 heavy (non-hydrogen) atoms. The summed E-state index contributed by atoms with van der Waals surface area (Å²) in [5.41, 5.74) is 0.441. The van der Waals surface area contributed by atoms with E-state index in [4.69, 9.17) is 14.0 Å². The van der Waals surface area contributed by atoms with E-state index < -0.39 is 18.3 Å². The van der Waals surface area contributed by atoms with Crippen LogP contribution < -0.4 is 0 Å². The molecule has 1 aromatic carbocycles. The largest absolute Gasteiger partial charge is 0.469 e. The molecule has 0 unspecified atom stereocenters. The average Bonchev–Trinajstić information content (AvgIpc) is 3.06. The third-order valence-corrected chi connectivity index (χ3v) is 5.81. The van der Waals surface area contributed by atoms with Crippen molar-refractivity contribution < 1.29 is 18.8 Å². The SMILES string of the molecule is COC(=O)[C@H]1CN(Cc2ccccc2)C[C@@H]1B1OC(C)(C)C(C)(C)O1. The number of nitrogens with zero attached hydrogens (tertiary/aromatic N) is 1. The number of carbonyl (C=O) groups excluding carboxylic acids is 1. The van der Waals surface area contributed by atoms with Crippen LogP contribution in [-0.2, 0) is 25.4 Å². The van der Waals surface area contributed by atoms with Gasteiger partial charge in [-0.25, -0.2) is 0 Å². The number of rotatable bonds is 4. The molecule has 0 spiro atoms. The number of carbonyl (C=O) groups is 1. The zero-order chi connectivity index (χ0) is 18.2. The molecule has 2 saturated heterocycles. The van der Waals surface area contributed by atoms with Gasteiger partial charge in [-0.2, -0.15) is 0 Å². The van der Waals surface area contributed by atoms with E-state index >= 15 is 0 Å². The Morgan fingerprint density at radius 1 is 1.16 bits per heavy atom. The van der Waals surface area contributed by atoms with Crippen molar-refractivity contribution in [3.8, 4) is 0 Å². The van der Waals surface area contributed by atoms with Crippen molar-refractivity contribution >= 4 is 13.1 Å². The van der Waals surface area contributed by atoms with Gasteiger partial charge in [0.15, 0.2) is 0 Å². The highest BCUT2D eigenvalue weighted by atomic mass is 16.7. The Morgan fingerprint density at radius 3 is 2.32 bits per heavy atom. The first-order valence-corrected chi connectivity index (χ1v) is 8.93. The summed E-state index contributed by atoms with van der Waals surface area (Å²) >= 11 is 0. The standard InChI is InChI=1S/C19H28BNO4/c1-18(2)19(3,4)25-20(24-18)16-13-21(12-15(16)17(22)23-5)11-14-9-7-6-8-10-14/h6-10,15-16H,11-13H2,1-5H3/t15-,16-/m0/s1. The quantitative estimate of drug-likeness (QED) is 0.620. The van der Waals surface area contributed by atoms with Gasteiger partial charge in [-0.15, -0.1) is 0 Å². The maximum atomic E-state index is 12.3. The molecule has 2 aliphatic rings. The van der Waals surface area contributed by atoms with Gasteiger partial charge in [0.25, 0.3) is 0 Å². The summed E-state index contributed by atoms with van der Waals surface area (Å²) in [6.07, 6.45) is 0. The van der Waals surface area contributed by atoms with Gasteiger partial charge < -0.3 is 14.0 Å². The lowest BCUT2D eigenvalue weighted by molar-refractivity contribution is -0.145. The van der Waals surface area contributed by atoms with Gasteiger partial charge in [-0.3, -0.25) is 9.69 Å². The first-order chi connectivity index (χ1) is 11.7. The topological polar surface area (TPSA) is 48.0 Å². The molecule has 2 heterocycles. The minimum absolute atomic E-state index is 0.0304. The fraction of sp³-hybridized carbons (Fsp3) is 0.632. The van der Waals surface area contributed by atoms with Crippen molar-refractivity contribution in [2.45, 2.75) is 51.3 Å². The molecule has 0 aliphatic carbocycles. The molecule has 0 radical (unpaired) electrons. The number of hydrogen-bond acceptors (Lipinski definition) is 5. The second-order valence-corrected chi connectivity index (χ2v) is 8.10. The number of ether oxygens (including phenoxy) is 1. The predicted octanol–water partition coefficient (Wildman–Crippen LogP) is 2.75. The Balaban J connectivity index is 1.76. The Bertz CT molecular complexity index is 603. The summed E-state index contributed by atoms with van der Waals surface area (Å²) in [5.74, 6) is -0.448. The average molecular weight is 345 g/mol. The molecule has 6 heteroatoms. The molecule has 5 nitrogen and oxygen atoms in total. The minimum atomic E-state index is -0.398. The maximum absolute atomic E-state index is 12.3. The first kappa shape index (κ1) is 18.4. The van der Waals surface area contributed by atoms with Crippen LogP contribution in [0.25, 0.3) is 0 Å². The molecule has 3 rings (SSSR count). The highest BCUT2D eigenvalue weighted by Crippen LogP contribution is 2.44. The van der Waals surface area contributed by atoms with Crippen LogP contribution in [-0.4, -0.2) is 49.4 Å². The Kier molecular flexibility index (Phi) is 4.97. The second kappa shape index (κ2) is 6.74. The van der Waals surface area contributed by atoms with Crippen LogP contribution in [0.3, 0.4) is 0 Å². The summed E-state index contributed by atoms with van der Waals surface area (Å²) < 4.78 is 17.5. The summed E-state index contributed by atoms with van der Waals surface area (Å²) in [4.78, 5) is 14.6. The third-order valence-electron chi connectivity index (χ3n) is 5.81. The van der Waals surface area contributed by atoms with Crippen LogP contribution in [0.15, 0.2) is 30.3 Å². The van der Waals surface area contributed by atoms with Crippen LogP contribution in [0.1, 0.15) is 33.3 Å². The molecule has 0 saturated carbocycles. The maximum Gasteiger partial charge on any atom is 0.463 e. The van der Waals surface area contributed by atoms with E-state index in [0.29, 0.717) is 6.54 Å². The molecule has 2 atom stereocenters. The van der Waals surface area contributed by atoms with E-state index in [1.165, 1.54) is 12.7 Å². The molecule has 1 aromatic rings. The highest BCUT2D eigenvalue weighted by Gasteiger charge is 2.57. The summed E-state index contributed by atoms with van der Waals surface area (Å²) in [6, 6.07) is 10.3. The Hall–Kier alpha value is -1.37. The number of methoxy groups -OCH3 is 1. The number of esters is 1. The molecule has 2 aliphatic heterocycles. The molecular formula is C19H28BNO4. The molecule has 0 amide bonds. The van der Waals surface area contributed by atoms with Crippen LogP contribution in [0.2, 0.25) is 5.82 Å². The molecule has 2 fully saturated rings. The summed E-state index contributed by atoms with van der Waals surface area (Å²) in [5, 5.41) is 0. The number of benzene rings is 1. The monoisotopic (exact) mass is 345 g/mol. The van der Waals surface area contributed by atoms with Crippen molar-refractivity contribution in [1.29, 1.82) is 0 Å². The van der Waals surface area contributed by atoms with E-state index in [1.54, 1.807) is 0 Å². The molecule has 0 bridgehead atoms. The van der Waals surface area contributed by atoms with Crippen molar-refractivity contribution in [3.63, 3.8) is 0 Å². The second-order valence-electron chi connectivity index (χ2n) is 8.10.